The maximum absolute atomic E-state index is 6.04. The molecule has 0 atom stereocenters. The molecule has 4 rings (SSSR count). The highest BCUT2D eigenvalue weighted by Gasteiger charge is 2.24. The first kappa shape index (κ1) is 13.7. The van der Waals surface area contributed by atoms with Gasteiger partial charge >= 0.3 is 0 Å². The zero-order valence-electron chi connectivity index (χ0n) is 13.2. The average Bonchev–Trinajstić information content (AvgIpc) is 2.59. The van der Waals surface area contributed by atoms with Crippen LogP contribution in [0.3, 0.4) is 0 Å². The number of fused-ring (bicyclic) bond motifs is 2. The van der Waals surface area contributed by atoms with Crippen molar-refractivity contribution in [1.82, 2.24) is 0 Å². The molecule has 0 spiro atoms. The predicted molar refractivity (Wildman–Crippen MR) is 95.5 cm³/mol. The fourth-order valence-corrected chi connectivity index (χ4v) is 2.88. The number of para-hydroxylation sites is 4. The van der Waals surface area contributed by atoms with Gasteiger partial charge in [-0.05, 0) is 48.5 Å². The summed E-state index contributed by atoms with van der Waals surface area (Å²) in [6, 6.07) is 24.8. The SMILES string of the molecule is CN(C)c1ccc(N2c3ccccc3Oc3ccccc32)cc1. The molecule has 0 radical (unpaired) electrons. The second-order valence-corrected chi connectivity index (χ2v) is 5.78. The molecule has 0 aromatic heterocycles. The zero-order valence-corrected chi connectivity index (χ0v) is 13.2. The summed E-state index contributed by atoms with van der Waals surface area (Å²) in [6.07, 6.45) is 0. The molecule has 0 fully saturated rings. The van der Waals surface area contributed by atoms with Crippen LogP contribution in [0.25, 0.3) is 0 Å². The molecule has 0 saturated heterocycles. The Morgan fingerprint density at radius 3 is 1.74 bits per heavy atom. The van der Waals surface area contributed by atoms with Crippen molar-refractivity contribution in [2.24, 2.45) is 0 Å². The Bertz CT molecular complexity index is 795. The van der Waals surface area contributed by atoms with Crippen molar-refractivity contribution in [3.8, 4) is 11.5 Å². The molecule has 0 unspecified atom stereocenters. The smallest absolute Gasteiger partial charge is 0.151 e. The molecule has 1 heterocycles. The summed E-state index contributed by atoms with van der Waals surface area (Å²) < 4.78 is 6.04. The Morgan fingerprint density at radius 1 is 0.696 bits per heavy atom. The Balaban J connectivity index is 1.87. The minimum atomic E-state index is 0.878. The lowest BCUT2D eigenvalue weighted by atomic mass is 10.1. The maximum atomic E-state index is 6.04. The zero-order chi connectivity index (χ0) is 15.8. The second kappa shape index (κ2) is 5.36. The minimum Gasteiger partial charge on any atom is -0.453 e. The van der Waals surface area contributed by atoms with E-state index in [0.29, 0.717) is 0 Å². The quantitative estimate of drug-likeness (QED) is 0.498. The van der Waals surface area contributed by atoms with Gasteiger partial charge in [-0.25, -0.2) is 0 Å². The van der Waals surface area contributed by atoms with Gasteiger partial charge in [0.1, 0.15) is 0 Å². The fourth-order valence-electron chi connectivity index (χ4n) is 2.88. The summed E-state index contributed by atoms with van der Waals surface area (Å²) >= 11 is 0. The third kappa shape index (κ3) is 2.30. The van der Waals surface area contributed by atoms with Crippen LogP contribution in [0.2, 0.25) is 0 Å². The van der Waals surface area contributed by atoms with Gasteiger partial charge in [-0.1, -0.05) is 24.3 Å². The topological polar surface area (TPSA) is 15.7 Å². The Kier molecular flexibility index (Phi) is 3.19. The van der Waals surface area contributed by atoms with Gasteiger partial charge in [0.05, 0.1) is 11.4 Å². The van der Waals surface area contributed by atoms with Gasteiger partial charge in [-0.2, -0.15) is 0 Å². The molecule has 114 valence electrons. The third-order valence-electron chi connectivity index (χ3n) is 4.06. The van der Waals surface area contributed by atoms with E-state index in [1.807, 2.05) is 50.5 Å². The molecule has 3 heteroatoms. The van der Waals surface area contributed by atoms with E-state index in [9.17, 15) is 0 Å². The normalized spacial score (nSPS) is 12.2. The van der Waals surface area contributed by atoms with Crippen molar-refractivity contribution >= 4 is 22.7 Å². The highest BCUT2D eigenvalue weighted by atomic mass is 16.5. The summed E-state index contributed by atoms with van der Waals surface area (Å²) in [7, 11) is 4.10. The van der Waals surface area contributed by atoms with Crippen molar-refractivity contribution in [1.29, 1.82) is 0 Å². The fraction of sp³-hybridized carbons (Fsp3) is 0.100. The van der Waals surface area contributed by atoms with Crippen molar-refractivity contribution in [3.05, 3.63) is 72.8 Å². The van der Waals surface area contributed by atoms with Gasteiger partial charge in [0.15, 0.2) is 11.5 Å². The van der Waals surface area contributed by atoms with Crippen LogP contribution in [-0.2, 0) is 0 Å². The van der Waals surface area contributed by atoms with Crippen LogP contribution in [0.4, 0.5) is 22.7 Å². The number of benzene rings is 3. The van der Waals surface area contributed by atoms with Crippen LogP contribution in [0.1, 0.15) is 0 Å². The number of rotatable bonds is 2. The van der Waals surface area contributed by atoms with Gasteiger partial charge in [0.2, 0.25) is 0 Å². The molecule has 1 aliphatic heterocycles. The summed E-state index contributed by atoms with van der Waals surface area (Å²) in [5.41, 5.74) is 4.43. The number of hydrogen-bond acceptors (Lipinski definition) is 3. The van der Waals surface area contributed by atoms with E-state index in [1.165, 1.54) is 5.69 Å². The molecule has 0 N–H and O–H groups in total. The highest BCUT2D eigenvalue weighted by Crippen LogP contribution is 2.49. The van der Waals surface area contributed by atoms with Crippen molar-refractivity contribution in [3.63, 3.8) is 0 Å². The van der Waals surface area contributed by atoms with Gasteiger partial charge in [-0.3, -0.25) is 0 Å². The van der Waals surface area contributed by atoms with E-state index in [0.717, 1.165) is 28.6 Å². The lowest BCUT2D eigenvalue weighted by molar-refractivity contribution is 0.477. The molecule has 3 aromatic rings. The van der Waals surface area contributed by atoms with Gasteiger partial charge in [0, 0.05) is 25.5 Å². The molecule has 3 aromatic carbocycles. The molecule has 0 saturated carbocycles. The van der Waals surface area contributed by atoms with Crippen LogP contribution in [0, 0.1) is 0 Å². The Morgan fingerprint density at radius 2 is 1.22 bits per heavy atom. The van der Waals surface area contributed by atoms with E-state index < -0.39 is 0 Å². The Hall–Kier alpha value is -2.94. The first-order chi connectivity index (χ1) is 11.2. The number of anilines is 4. The van der Waals surface area contributed by atoms with Crippen LogP contribution < -0.4 is 14.5 Å². The molecule has 0 aliphatic carbocycles. The van der Waals surface area contributed by atoms with Gasteiger partial charge in [-0.15, -0.1) is 0 Å². The van der Waals surface area contributed by atoms with E-state index in [4.69, 9.17) is 4.74 Å². The maximum Gasteiger partial charge on any atom is 0.151 e. The van der Waals surface area contributed by atoms with E-state index in [1.54, 1.807) is 0 Å². The standard InChI is InChI=1S/C20H18N2O/c1-21(2)15-11-13-16(14-12-15)22-17-7-3-5-9-19(17)23-20-10-6-4-8-18(20)22/h3-14H,1-2H3. The summed E-state index contributed by atoms with van der Waals surface area (Å²) in [5, 5.41) is 0. The molecule has 3 nitrogen and oxygen atoms in total. The van der Waals surface area contributed by atoms with Crippen LogP contribution in [0.5, 0.6) is 11.5 Å². The molecular formula is C20H18N2O. The van der Waals surface area contributed by atoms with Crippen molar-refractivity contribution in [2.75, 3.05) is 23.9 Å². The number of hydrogen-bond donors (Lipinski definition) is 0. The molecule has 0 bridgehead atoms. The van der Waals surface area contributed by atoms with E-state index >= 15 is 0 Å². The monoisotopic (exact) mass is 302 g/mol. The summed E-state index contributed by atoms with van der Waals surface area (Å²) in [5.74, 6) is 1.76. The van der Waals surface area contributed by atoms with Crippen LogP contribution in [-0.4, -0.2) is 14.1 Å². The van der Waals surface area contributed by atoms with Crippen molar-refractivity contribution in [2.45, 2.75) is 0 Å². The second-order valence-electron chi connectivity index (χ2n) is 5.78. The summed E-state index contributed by atoms with van der Waals surface area (Å²) in [4.78, 5) is 4.35. The number of ether oxygens (including phenoxy) is 1. The Labute approximate surface area is 136 Å². The number of nitrogens with zero attached hydrogens (tertiary/aromatic N) is 2. The van der Waals surface area contributed by atoms with Crippen LogP contribution >= 0.6 is 0 Å². The lowest BCUT2D eigenvalue weighted by Gasteiger charge is -2.32. The van der Waals surface area contributed by atoms with Gasteiger partial charge < -0.3 is 14.5 Å². The average molecular weight is 302 g/mol. The van der Waals surface area contributed by atoms with Gasteiger partial charge in [0.25, 0.3) is 0 Å². The van der Waals surface area contributed by atoms with E-state index in [2.05, 4.69) is 46.2 Å². The third-order valence-corrected chi connectivity index (χ3v) is 4.06. The highest BCUT2D eigenvalue weighted by molar-refractivity contribution is 5.86. The first-order valence-corrected chi connectivity index (χ1v) is 7.67. The summed E-state index contributed by atoms with van der Waals surface area (Å²) in [6.45, 7) is 0. The molecular weight excluding hydrogens is 284 g/mol. The molecule has 0 amide bonds. The predicted octanol–water partition coefficient (Wildman–Crippen LogP) is 5.33. The molecule has 1 aliphatic rings. The minimum absolute atomic E-state index is 0.878. The lowest BCUT2D eigenvalue weighted by Crippen LogP contribution is -2.16. The first-order valence-electron chi connectivity index (χ1n) is 7.67. The van der Waals surface area contributed by atoms with E-state index in [-0.39, 0.29) is 0 Å². The molecule has 23 heavy (non-hydrogen) atoms. The van der Waals surface area contributed by atoms with Crippen molar-refractivity contribution < 1.29 is 4.74 Å². The van der Waals surface area contributed by atoms with Crippen LogP contribution in [0.15, 0.2) is 72.8 Å². The largest absolute Gasteiger partial charge is 0.453 e.